The van der Waals surface area contributed by atoms with Crippen molar-refractivity contribution < 1.29 is 8.42 Å². The Bertz CT molecular complexity index is 897. The van der Waals surface area contributed by atoms with Gasteiger partial charge in [-0.1, -0.05) is 29.8 Å². The molecule has 3 rings (SSSR count). The van der Waals surface area contributed by atoms with Crippen molar-refractivity contribution in [2.75, 3.05) is 0 Å². The summed E-state index contributed by atoms with van der Waals surface area (Å²) in [6.45, 7) is 3.77. The van der Waals surface area contributed by atoms with Crippen LogP contribution in [0.15, 0.2) is 78.0 Å². The van der Waals surface area contributed by atoms with E-state index in [-0.39, 0.29) is 10.9 Å². The van der Waals surface area contributed by atoms with Crippen molar-refractivity contribution >= 4 is 10.0 Å². The quantitative estimate of drug-likeness (QED) is 0.767. The third kappa shape index (κ3) is 3.58. The Kier molecular flexibility index (Phi) is 4.55. The van der Waals surface area contributed by atoms with Gasteiger partial charge in [0.05, 0.1) is 4.90 Å². The van der Waals surface area contributed by atoms with Crippen LogP contribution < -0.4 is 4.72 Å². The summed E-state index contributed by atoms with van der Waals surface area (Å²) in [7, 11) is -3.53. The highest BCUT2D eigenvalue weighted by molar-refractivity contribution is 7.89. The van der Waals surface area contributed by atoms with Crippen LogP contribution >= 0.6 is 0 Å². The van der Waals surface area contributed by atoms with Crippen LogP contribution in [0.4, 0.5) is 0 Å². The summed E-state index contributed by atoms with van der Waals surface area (Å²) in [5.74, 6) is 0. The van der Waals surface area contributed by atoms with Crippen molar-refractivity contribution in [3.05, 3.63) is 84.2 Å². The van der Waals surface area contributed by atoms with E-state index >= 15 is 0 Å². The number of hydrogen-bond acceptors (Lipinski definition) is 2. The molecule has 0 fully saturated rings. The number of aromatic nitrogens is 1. The Balaban J connectivity index is 1.76. The van der Waals surface area contributed by atoms with Gasteiger partial charge in [0, 0.05) is 24.1 Å². The molecule has 0 spiro atoms. The van der Waals surface area contributed by atoms with Crippen molar-refractivity contribution in [3.8, 4) is 5.69 Å². The molecule has 0 saturated carbocycles. The van der Waals surface area contributed by atoms with Gasteiger partial charge in [-0.25, -0.2) is 13.1 Å². The van der Waals surface area contributed by atoms with Gasteiger partial charge in [-0.2, -0.15) is 0 Å². The van der Waals surface area contributed by atoms with Gasteiger partial charge in [-0.15, -0.1) is 0 Å². The van der Waals surface area contributed by atoms with E-state index in [1.807, 2.05) is 67.2 Å². The number of nitrogens with one attached hydrogen (secondary N) is 1. The summed E-state index contributed by atoms with van der Waals surface area (Å²) in [5.41, 5.74) is 2.99. The molecule has 3 aromatic rings. The van der Waals surface area contributed by atoms with Crippen molar-refractivity contribution in [2.24, 2.45) is 0 Å². The maximum Gasteiger partial charge on any atom is 0.241 e. The molecule has 0 saturated heterocycles. The highest BCUT2D eigenvalue weighted by Gasteiger charge is 2.18. The second kappa shape index (κ2) is 6.63. The van der Waals surface area contributed by atoms with E-state index in [0.29, 0.717) is 0 Å². The topological polar surface area (TPSA) is 51.1 Å². The molecule has 0 aliphatic carbocycles. The van der Waals surface area contributed by atoms with Gasteiger partial charge < -0.3 is 4.57 Å². The molecule has 1 aromatic heterocycles. The van der Waals surface area contributed by atoms with E-state index in [1.54, 1.807) is 24.3 Å². The van der Waals surface area contributed by atoms with E-state index in [9.17, 15) is 8.42 Å². The Labute approximate surface area is 142 Å². The molecular formula is C19H20N2O2S. The third-order valence-corrected chi connectivity index (χ3v) is 5.52. The van der Waals surface area contributed by atoms with E-state index < -0.39 is 10.0 Å². The highest BCUT2D eigenvalue weighted by Crippen LogP contribution is 2.19. The van der Waals surface area contributed by atoms with Crippen molar-refractivity contribution in [1.29, 1.82) is 0 Å². The van der Waals surface area contributed by atoms with E-state index in [2.05, 4.69) is 4.72 Å². The number of rotatable bonds is 5. The molecule has 24 heavy (non-hydrogen) atoms. The fourth-order valence-corrected chi connectivity index (χ4v) is 3.76. The maximum atomic E-state index is 12.5. The SMILES string of the molecule is Cc1ccc(S(=O)(=O)N[C@@H](C)c2ccc(-n3cccc3)cc2)cc1. The number of aryl methyl sites for hydroxylation is 1. The van der Waals surface area contributed by atoms with Gasteiger partial charge in [0.2, 0.25) is 10.0 Å². The number of benzene rings is 2. The molecule has 5 heteroatoms. The molecule has 0 bridgehead atoms. The highest BCUT2D eigenvalue weighted by atomic mass is 32.2. The average Bonchev–Trinajstić information content (AvgIpc) is 3.09. The summed E-state index contributed by atoms with van der Waals surface area (Å²) in [6.07, 6.45) is 3.94. The van der Waals surface area contributed by atoms with Crippen LogP contribution in [0.25, 0.3) is 5.69 Å². The van der Waals surface area contributed by atoms with Gasteiger partial charge >= 0.3 is 0 Å². The van der Waals surface area contributed by atoms with Crippen LogP contribution in [-0.4, -0.2) is 13.0 Å². The van der Waals surface area contributed by atoms with Crippen molar-refractivity contribution in [2.45, 2.75) is 24.8 Å². The zero-order chi connectivity index (χ0) is 17.2. The Morgan fingerprint density at radius 1 is 0.917 bits per heavy atom. The summed E-state index contributed by atoms with van der Waals surface area (Å²) in [4.78, 5) is 0.281. The average molecular weight is 340 g/mol. The fraction of sp³-hybridized carbons (Fsp3) is 0.158. The lowest BCUT2D eigenvalue weighted by Gasteiger charge is -2.15. The zero-order valence-corrected chi connectivity index (χ0v) is 14.5. The van der Waals surface area contributed by atoms with Gasteiger partial charge in [0.25, 0.3) is 0 Å². The molecule has 1 heterocycles. The molecule has 0 amide bonds. The molecule has 0 aliphatic rings. The molecule has 0 aliphatic heterocycles. The summed E-state index contributed by atoms with van der Waals surface area (Å²) in [6, 6.07) is 18.3. The lowest BCUT2D eigenvalue weighted by molar-refractivity contribution is 0.567. The number of hydrogen-bond donors (Lipinski definition) is 1. The Hall–Kier alpha value is -2.37. The van der Waals surface area contributed by atoms with Gasteiger partial charge in [0.15, 0.2) is 0 Å². The zero-order valence-electron chi connectivity index (χ0n) is 13.7. The van der Waals surface area contributed by atoms with Crippen LogP contribution in [0.5, 0.6) is 0 Å². The largest absolute Gasteiger partial charge is 0.324 e. The van der Waals surface area contributed by atoms with E-state index in [1.165, 1.54) is 0 Å². The second-order valence-corrected chi connectivity index (χ2v) is 7.55. The number of nitrogens with zero attached hydrogens (tertiary/aromatic N) is 1. The van der Waals surface area contributed by atoms with Crippen molar-refractivity contribution in [1.82, 2.24) is 9.29 Å². The normalized spacial score (nSPS) is 12.9. The molecule has 1 N–H and O–H groups in total. The van der Waals surface area contributed by atoms with Crippen LogP contribution in [0, 0.1) is 6.92 Å². The minimum atomic E-state index is -3.53. The summed E-state index contributed by atoms with van der Waals surface area (Å²) >= 11 is 0. The van der Waals surface area contributed by atoms with Crippen LogP contribution in [0.2, 0.25) is 0 Å². The first-order chi connectivity index (χ1) is 11.5. The molecule has 0 unspecified atom stereocenters. The van der Waals surface area contributed by atoms with E-state index in [4.69, 9.17) is 0 Å². The summed E-state index contributed by atoms with van der Waals surface area (Å²) in [5, 5.41) is 0. The van der Waals surface area contributed by atoms with Crippen LogP contribution in [-0.2, 0) is 10.0 Å². The monoisotopic (exact) mass is 340 g/mol. The van der Waals surface area contributed by atoms with Gasteiger partial charge in [0.1, 0.15) is 0 Å². The van der Waals surface area contributed by atoms with Gasteiger partial charge in [-0.05, 0) is 55.8 Å². The predicted octanol–water partition coefficient (Wildman–Crippen LogP) is 3.83. The molecule has 124 valence electrons. The predicted molar refractivity (Wildman–Crippen MR) is 95.7 cm³/mol. The van der Waals surface area contributed by atoms with Gasteiger partial charge in [-0.3, -0.25) is 0 Å². The first-order valence-corrected chi connectivity index (χ1v) is 9.26. The second-order valence-electron chi connectivity index (χ2n) is 5.84. The lowest BCUT2D eigenvalue weighted by atomic mass is 10.1. The number of sulfonamides is 1. The Morgan fingerprint density at radius 2 is 1.50 bits per heavy atom. The lowest BCUT2D eigenvalue weighted by Crippen LogP contribution is -2.26. The smallest absolute Gasteiger partial charge is 0.241 e. The summed E-state index contributed by atoms with van der Waals surface area (Å²) < 4.78 is 29.7. The maximum absolute atomic E-state index is 12.5. The minimum Gasteiger partial charge on any atom is -0.324 e. The first-order valence-electron chi connectivity index (χ1n) is 7.78. The molecular weight excluding hydrogens is 320 g/mol. The standard InChI is InChI=1S/C19H20N2O2S/c1-15-5-11-19(12-6-15)24(22,23)20-16(2)17-7-9-18(10-8-17)21-13-3-4-14-21/h3-14,16,20H,1-2H3/t16-/m0/s1. The molecule has 4 nitrogen and oxygen atoms in total. The molecule has 1 atom stereocenters. The van der Waals surface area contributed by atoms with Crippen molar-refractivity contribution in [3.63, 3.8) is 0 Å². The Morgan fingerprint density at radius 3 is 2.08 bits per heavy atom. The fourth-order valence-electron chi connectivity index (χ4n) is 2.53. The molecule has 2 aromatic carbocycles. The first kappa shape index (κ1) is 16.5. The molecule has 0 radical (unpaired) electrons. The minimum absolute atomic E-state index is 0.281. The van der Waals surface area contributed by atoms with Crippen LogP contribution in [0.1, 0.15) is 24.1 Å². The van der Waals surface area contributed by atoms with E-state index in [0.717, 1.165) is 16.8 Å². The third-order valence-electron chi connectivity index (χ3n) is 3.96. The van der Waals surface area contributed by atoms with Crippen LogP contribution in [0.3, 0.4) is 0 Å².